The first-order valence-electron chi connectivity index (χ1n) is 9.82. The van der Waals surface area contributed by atoms with Crippen LogP contribution in [0.5, 0.6) is 0 Å². The average molecular weight is 411 g/mol. The number of anilines is 1. The smallest absolute Gasteiger partial charge is 0.265 e. The summed E-state index contributed by atoms with van der Waals surface area (Å²) in [5.41, 5.74) is 1.23. The highest BCUT2D eigenvalue weighted by Gasteiger charge is 2.29. The highest BCUT2D eigenvalue weighted by atomic mass is 32.1. The predicted octanol–water partition coefficient (Wildman–Crippen LogP) is 2.74. The van der Waals surface area contributed by atoms with Crippen molar-refractivity contribution in [2.45, 2.75) is 18.9 Å². The lowest BCUT2D eigenvalue weighted by Gasteiger charge is -2.23. The maximum atomic E-state index is 12.6. The van der Waals surface area contributed by atoms with Crippen LogP contribution < -0.4 is 15.5 Å². The van der Waals surface area contributed by atoms with E-state index in [2.05, 4.69) is 10.6 Å². The minimum absolute atomic E-state index is 0.126. The Balaban J connectivity index is 1.36. The van der Waals surface area contributed by atoms with Gasteiger partial charge >= 0.3 is 0 Å². The van der Waals surface area contributed by atoms with Crippen molar-refractivity contribution < 1.29 is 18.9 Å². The fourth-order valence-electron chi connectivity index (χ4n) is 3.72. The van der Waals surface area contributed by atoms with Gasteiger partial charge in [0, 0.05) is 24.1 Å². The molecule has 1 saturated heterocycles. The van der Waals surface area contributed by atoms with Gasteiger partial charge in [-0.15, -0.1) is 11.3 Å². The van der Waals surface area contributed by atoms with Crippen molar-refractivity contribution in [3.63, 3.8) is 0 Å². The highest BCUT2D eigenvalue weighted by molar-refractivity contribution is 7.12. The maximum absolute atomic E-state index is 12.6. The van der Waals surface area contributed by atoms with E-state index in [-0.39, 0.29) is 17.9 Å². The average Bonchev–Trinajstić information content (AvgIpc) is 3.52. The molecule has 2 amide bonds. The number of benzene rings is 1. The molecule has 1 fully saturated rings. The maximum Gasteiger partial charge on any atom is 0.265 e. The van der Waals surface area contributed by atoms with Gasteiger partial charge in [-0.2, -0.15) is 0 Å². The number of furan rings is 1. The van der Waals surface area contributed by atoms with Gasteiger partial charge in [-0.05, 0) is 47.8 Å². The molecular formula is C22H24N3O3S+. The lowest BCUT2D eigenvalue weighted by Crippen LogP contribution is -3.11. The van der Waals surface area contributed by atoms with Crippen molar-refractivity contribution in [3.05, 3.63) is 76.4 Å². The standard InChI is InChI=1S/C22H23N3O3S/c26-21(23-15-18(19-5-3-13-28-19)25-11-1-2-12-25)16-7-9-17(10-8-16)24-22(27)20-6-4-14-29-20/h3-10,13-14,18H,1-2,11-12,15H2,(H,23,26)(H,24,27)/p+1/t18-/m1/s1. The molecule has 1 atom stereocenters. The highest BCUT2D eigenvalue weighted by Crippen LogP contribution is 2.15. The van der Waals surface area contributed by atoms with Gasteiger partial charge in [-0.3, -0.25) is 9.59 Å². The Morgan fingerprint density at radius 2 is 1.83 bits per heavy atom. The molecule has 2 aromatic heterocycles. The van der Waals surface area contributed by atoms with E-state index >= 15 is 0 Å². The first kappa shape index (κ1) is 19.4. The Morgan fingerprint density at radius 1 is 1.03 bits per heavy atom. The zero-order valence-corrected chi connectivity index (χ0v) is 16.8. The molecule has 0 saturated carbocycles. The van der Waals surface area contributed by atoms with Crippen molar-refractivity contribution in [1.29, 1.82) is 0 Å². The zero-order chi connectivity index (χ0) is 20.1. The molecule has 0 bridgehead atoms. The molecule has 0 unspecified atom stereocenters. The minimum Gasteiger partial charge on any atom is -0.463 e. The van der Waals surface area contributed by atoms with Gasteiger partial charge in [0.05, 0.1) is 30.8 Å². The summed E-state index contributed by atoms with van der Waals surface area (Å²) in [6.45, 7) is 2.72. The molecule has 1 aliphatic rings. The van der Waals surface area contributed by atoms with Crippen LogP contribution in [0, 0.1) is 0 Å². The Hall–Kier alpha value is -2.90. The van der Waals surface area contributed by atoms with E-state index in [1.807, 2.05) is 23.6 Å². The van der Waals surface area contributed by atoms with Crippen LogP contribution in [0.3, 0.4) is 0 Å². The third-order valence-corrected chi connectivity index (χ3v) is 6.11. The molecule has 29 heavy (non-hydrogen) atoms. The van der Waals surface area contributed by atoms with Crippen LogP contribution in [0.25, 0.3) is 0 Å². The number of nitrogens with one attached hydrogen (secondary N) is 3. The summed E-state index contributed by atoms with van der Waals surface area (Å²) in [6, 6.07) is 14.6. The lowest BCUT2D eigenvalue weighted by atomic mass is 10.1. The fourth-order valence-corrected chi connectivity index (χ4v) is 4.33. The number of quaternary nitrogens is 1. The first-order chi connectivity index (χ1) is 14.2. The molecule has 3 aromatic rings. The molecule has 0 spiro atoms. The quantitative estimate of drug-likeness (QED) is 0.561. The van der Waals surface area contributed by atoms with Crippen molar-refractivity contribution in [2.75, 3.05) is 25.0 Å². The van der Waals surface area contributed by atoms with Crippen molar-refractivity contribution in [2.24, 2.45) is 0 Å². The van der Waals surface area contributed by atoms with E-state index in [4.69, 9.17) is 4.42 Å². The topological polar surface area (TPSA) is 75.8 Å². The molecule has 0 aliphatic carbocycles. The third kappa shape index (κ3) is 4.75. The van der Waals surface area contributed by atoms with Crippen LogP contribution in [0.15, 0.2) is 64.6 Å². The van der Waals surface area contributed by atoms with Gasteiger partial charge in [0.15, 0.2) is 11.8 Å². The van der Waals surface area contributed by atoms with E-state index in [1.165, 1.54) is 29.1 Å². The zero-order valence-electron chi connectivity index (χ0n) is 16.0. The van der Waals surface area contributed by atoms with Gasteiger partial charge in [0.1, 0.15) is 0 Å². The molecule has 150 valence electrons. The molecule has 6 nitrogen and oxygen atoms in total. The monoisotopic (exact) mass is 410 g/mol. The van der Waals surface area contributed by atoms with Crippen molar-refractivity contribution in [1.82, 2.24) is 5.32 Å². The van der Waals surface area contributed by atoms with Crippen LogP contribution in [0.2, 0.25) is 0 Å². The van der Waals surface area contributed by atoms with Gasteiger partial charge in [0.25, 0.3) is 11.8 Å². The number of rotatable bonds is 7. The summed E-state index contributed by atoms with van der Waals surface area (Å²) >= 11 is 1.39. The third-order valence-electron chi connectivity index (χ3n) is 5.24. The number of amides is 2. The van der Waals surface area contributed by atoms with Gasteiger partial charge in [-0.25, -0.2) is 0 Å². The molecule has 7 heteroatoms. The van der Waals surface area contributed by atoms with Crippen LogP contribution in [0.1, 0.15) is 44.7 Å². The lowest BCUT2D eigenvalue weighted by molar-refractivity contribution is -0.919. The van der Waals surface area contributed by atoms with Gasteiger partial charge < -0.3 is 20.0 Å². The number of likely N-dealkylation sites (tertiary alicyclic amines) is 1. The molecule has 3 heterocycles. The van der Waals surface area contributed by atoms with E-state index in [9.17, 15) is 9.59 Å². The van der Waals surface area contributed by atoms with Gasteiger partial charge in [0.2, 0.25) is 0 Å². The SMILES string of the molecule is O=C(NC[C@H](c1ccco1)[NH+]1CCCC1)c1ccc(NC(=O)c2cccs2)cc1. The first-order valence-corrected chi connectivity index (χ1v) is 10.7. The second-order valence-corrected chi connectivity index (χ2v) is 8.10. The Labute approximate surface area is 173 Å². The number of hydrogen-bond acceptors (Lipinski definition) is 4. The molecule has 3 N–H and O–H groups in total. The van der Waals surface area contributed by atoms with E-state index < -0.39 is 0 Å². The summed E-state index contributed by atoms with van der Waals surface area (Å²) < 4.78 is 5.62. The van der Waals surface area contributed by atoms with E-state index in [1.54, 1.807) is 36.6 Å². The van der Waals surface area contributed by atoms with Crippen molar-refractivity contribution in [3.8, 4) is 0 Å². The van der Waals surface area contributed by atoms with Crippen LogP contribution >= 0.6 is 11.3 Å². The van der Waals surface area contributed by atoms with E-state index in [0.717, 1.165) is 18.8 Å². The number of carbonyl (C=O) groups excluding carboxylic acids is 2. The normalized spacial score (nSPS) is 15.2. The predicted molar refractivity (Wildman–Crippen MR) is 112 cm³/mol. The second-order valence-electron chi connectivity index (χ2n) is 7.15. The largest absolute Gasteiger partial charge is 0.463 e. The Kier molecular flexibility index (Phi) is 6.07. The second kappa shape index (κ2) is 9.07. The molecular weight excluding hydrogens is 386 g/mol. The number of hydrogen-bond donors (Lipinski definition) is 3. The van der Waals surface area contributed by atoms with Crippen LogP contribution in [-0.2, 0) is 0 Å². The van der Waals surface area contributed by atoms with Gasteiger partial charge in [-0.1, -0.05) is 6.07 Å². The molecule has 0 radical (unpaired) electrons. The van der Waals surface area contributed by atoms with E-state index in [0.29, 0.717) is 22.7 Å². The summed E-state index contributed by atoms with van der Waals surface area (Å²) in [5.74, 6) is 0.636. The molecule has 1 aliphatic heterocycles. The summed E-state index contributed by atoms with van der Waals surface area (Å²) in [4.78, 5) is 26.8. The fraction of sp³-hybridized carbons (Fsp3) is 0.273. The Morgan fingerprint density at radius 3 is 2.48 bits per heavy atom. The number of thiophene rings is 1. The van der Waals surface area contributed by atoms with Crippen molar-refractivity contribution >= 4 is 28.8 Å². The summed E-state index contributed by atoms with van der Waals surface area (Å²) in [5, 5.41) is 7.75. The minimum atomic E-state index is -0.146. The molecule has 4 rings (SSSR count). The molecule has 1 aromatic carbocycles. The summed E-state index contributed by atoms with van der Waals surface area (Å²) in [7, 11) is 0. The van der Waals surface area contributed by atoms with Crippen LogP contribution in [-0.4, -0.2) is 31.4 Å². The Bertz CT molecular complexity index is 930. The van der Waals surface area contributed by atoms with Crippen LogP contribution in [0.4, 0.5) is 5.69 Å². The number of carbonyl (C=O) groups is 2. The summed E-state index contributed by atoms with van der Waals surface area (Å²) in [6.07, 6.45) is 4.10.